The second-order valence-electron chi connectivity index (χ2n) is 11.0. The molecule has 0 amide bonds. The third-order valence-electron chi connectivity index (χ3n) is 7.33. The van der Waals surface area contributed by atoms with Crippen LogP contribution in [0.15, 0.2) is 100 Å². The maximum atomic E-state index is 14.0. The molecule has 0 spiro atoms. The molecular weight excluding hydrogens is 736 g/mol. The van der Waals surface area contributed by atoms with E-state index in [-0.39, 0.29) is 54.5 Å². The van der Waals surface area contributed by atoms with Crippen LogP contribution in [0.4, 0.5) is 13.2 Å². The number of aromatic nitrogens is 3. The lowest BCUT2D eigenvalue weighted by molar-refractivity contribution is -0.153. The lowest BCUT2D eigenvalue weighted by atomic mass is 10.2. The number of nitrogens with zero attached hydrogens (tertiary/aromatic N) is 3. The third kappa shape index (κ3) is 9.18. The molecule has 0 aliphatic rings. The molecule has 18 heteroatoms. The Hall–Kier alpha value is -4.65. The number of rotatable bonds is 14. The Kier molecular flexibility index (Phi) is 11.3. The molecule has 51 heavy (non-hydrogen) atoms. The molecule has 2 aromatic heterocycles. The molecule has 0 fully saturated rings. The average molecular weight is 766 g/mol. The molecule has 0 saturated carbocycles. The van der Waals surface area contributed by atoms with Gasteiger partial charge in [0.05, 0.1) is 32.3 Å². The van der Waals surface area contributed by atoms with Gasteiger partial charge < -0.3 is 18.8 Å². The number of carbonyl (C=O) groups excluding carboxylic acids is 1. The first kappa shape index (κ1) is 37.6. The Labute approximate surface area is 294 Å². The van der Waals surface area contributed by atoms with Crippen molar-refractivity contribution in [2.24, 2.45) is 0 Å². The second kappa shape index (κ2) is 15.3. The molecule has 270 valence electrons. The smallest absolute Gasteiger partial charge is 0.422 e. The zero-order valence-electron chi connectivity index (χ0n) is 27.0. The lowest BCUT2D eigenvalue weighted by Crippen LogP contribution is -2.21. The Morgan fingerprint density at radius 3 is 2.25 bits per heavy atom. The van der Waals surface area contributed by atoms with Gasteiger partial charge in [-0.2, -0.15) is 22.1 Å². The number of hydrogen-bond donors (Lipinski definition) is 0. The van der Waals surface area contributed by atoms with Crippen LogP contribution in [0.5, 0.6) is 11.5 Å². The highest BCUT2D eigenvalue weighted by Crippen LogP contribution is 2.30. The van der Waals surface area contributed by atoms with Crippen molar-refractivity contribution in [1.29, 1.82) is 0 Å². The molecule has 2 heterocycles. The van der Waals surface area contributed by atoms with Crippen molar-refractivity contribution in [2.45, 2.75) is 40.7 Å². The van der Waals surface area contributed by atoms with Gasteiger partial charge in [-0.25, -0.2) is 21.6 Å². The molecule has 12 nitrogen and oxygen atoms in total. The van der Waals surface area contributed by atoms with Crippen LogP contribution in [-0.2, 0) is 46.3 Å². The van der Waals surface area contributed by atoms with Crippen LogP contribution in [-0.4, -0.2) is 73.0 Å². The first-order valence-corrected chi connectivity index (χ1v) is 19.4. The van der Waals surface area contributed by atoms with E-state index in [0.717, 1.165) is 9.54 Å². The van der Waals surface area contributed by atoms with Crippen LogP contribution in [0.2, 0.25) is 0 Å². The summed E-state index contributed by atoms with van der Waals surface area (Å²) in [5.74, 6) is -1.66. The number of para-hydroxylation sites is 2. The highest BCUT2D eigenvalue weighted by Gasteiger charge is 2.33. The van der Waals surface area contributed by atoms with Crippen LogP contribution < -0.4 is 9.47 Å². The van der Waals surface area contributed by atoms with E-state index in [1.165, 1.54) is 67.7 Å². The van der Waals surface area contributed by atoms with Crippen molar-refractivity contribution < 1.29 is 53.6 Å². The summed E-state index contributed by atoms with van der Waals surface area (Å²) in [6.07, 6.45) is -3.38. The summed E-state index contributed by atoms with van der Waals surface area (Å²) in [6, 6.07) is 18.7. The third-order valence-corrected chi connectivity index (χ3v) is 12.1. The molecule has 0 radical (unpaired) electrons. The van der Waals surface area contributed by atoms with Gasteiger partial charge in [0.15, 0.2) is 28.8 Å². The highest BCUT2D eigenvalue weighted by atomic mass is 32.2. The zero-order chi connectivity index (χ0) is 37.0. The molecule has 0 N–H and O–H groups in total. The van der Waals surface area contributed by atoms with Crippen LogP contribution >= 0.6 is 0 Å². The Morgan fingerprint density at radius 1 is 0.902 bits per heavy atom. The average Bonchev–Trinajstić information content (AvgIpc) is 3.49. The minimum absolute atomic E-state index is 0.103. The number of fused-ring (bicyclic) bond motifs is 1. The highest BCUT2D eigenvalue weighted by molar-refractivity contribution is 7.93. The van der Waals surface area contributed by atoms with E-state index in [1.807, 2.05) is 6.92 Å². The number of imidazole rings is 1. The maximum absolute atomic E-state index is 14.0. The Bertz CT molecular complexity index is 2240. The molecule has 0 bridgehead atoms. The largest absolute Gasteiger partial charge is 0.609 e. The van der Waals surface area contributed by atoms with E-state index in [2.05, 4.69) is 9.97 Å². The van der Waals surface area contributed by atoms with Crippen molar-refractivity contribution in [1.82, 2.24) is 13.9 Å². The predicted molar refractivity (Wildman–Crippen MR) is 179 cm³/mol. The predicted octanol–water partition coefficient (Wildman–Crippen LogP) is 4.93. The van der Waals surface area contributed by atoms with Crippen molar-refractivity contribution in [3.05, 3.63) is 102 Å². The van der Waals surface area contributed by atoms with E-state index in [4.69, 9.17) is 14.2 Å². The van der Waals surface area contributed by atoms with Gasteiger partial charge in [-0.1, -0.05) is 29.8 Å². The molecule has 1 unspecified atom stereocenters. The van der Waals surface area contributed by atoms with Crippen molar-refractivity contribution in [2.75, 3.05) is 25.6 Å². The van der Waals surface area contributed by atoms with Gasteiger partial charge in [-0.05, 0) is 68.4 Å². The summed E-state index contributed by atoms with van der Waals surface area (Å²) >= 11 is -2.15. The second-order valence-corrected chi connectivity index (χ2v) is 16.3. The molecule has 5 rings (SSSR count). The maximum Gasteiger partial charge on any atom is 0.422 e. The number of benzene rings is 3. The number of alkyl halides is 3. The lowest BCUT2D eigenvalue weighted by Gasteiger charge is -2.15. The van der Waals surface area contributed by atoms with Gasteiger partial charge in [0.25, 0.3) is 10.0 Å². The summed E-state index contributed by atoms with van der Waals surface area (Å²) < 4.78 is 121. The molecule has 3 aromatic carbocycles. The minimum atomic E-state index is -4.58. The van der Waals surface area contributed by atoms with Crippen LogP contribution in [0.25, 0.3) is 11.0 Å². The number of aryl methyl sites for hydroxylation is 1. The zero-order valence-corrected chi connectivity index (χ0v) is 29.4. The van der Waals surface area contributed by atoms with E-state index in [1.54, 1.807) is 24.3 Å². The monoisotopic (exact) mass is 765 g/mol. The normalized spacial score (nSPS) is 12.8. The summed E-state index contributed by atoms with van der Waals surface area (Å²) in [5.41, 5.74) is 1.57. The van der Waals surface area contributed by atoms with Gasteiger partial charge in [-0.3, -0.25) is 4.98 Å². The van der Waals surface area contributed by atoms with Crippen LogP contribution in [0.3, 0.4) is 0 Å². The number of halogens is 3. The first-order valence-electron chi connectivity index (χ1n) is 15.0. The summed E-state index contributed by atoms with van der Waals surface area (Å²) in [5, 5.41) is -0.341. The molecular formula is C33H30F3N3O9S3. The van der Waals surface area contributed by atoms with Crippen LogP contribution in [0.1, 0.15) is 16.8 Å². The van der Waals surface area contributed by atoms with Gasteiger partial charge in [0.2, 0.25) is 0 Å². The molecule has 5 aromatic rings. The van der Waals surface area contributed by atoms with Gasteiger partial charge in [0.1, 0.15) is 18.1 Å². The SMILES string of the molecule is Cc1ccc(S(=O)(=O)CCOC(=O)COc2ccc(S(=O)(=O)n3c([S+]([O-])Cc4nccc(OCC(F)(F)F)c4C)nc4ccccc43)cc2)cc1. The number of carbonyl (C=O) groups is 1. The van der Waals surface area contributed by atoms with Gasteiger partial charge in [-0.15, -0.1) is 0 Å². The fraction of sp³-hybridized carbons (Fsp3) is 0.242. The molecule has 0 saturated heterocycles. The number of ether oxygens (including phenoxy) is 3. The van der Waals surface area contributed by atoms with E-state index >= 15 is 0 Å². The summed E-state index contributed by atoms with van der Waals surface area (Å²) in [4.78, 5) is 20.5. The van der Waals surface area contributed by atoms with Gasteiger partial charge in [0, 0.05) is 22.9 Å². The number of esters is 1. The Morgan fingerprint density at radius 2 is 1.57 bits per heavy atom. The minimum Gasteiger partial charge on any atom is -0.609 e. The molecule has 1 atom stereocenters. The quantitative estimate of drug-likeness (QED) is 0.111. The summed E-state index contributed by atoms with van der Waals surface area (Å²) in [6.45, 7) is 0.755. The number of pyridine rings is 1. The van der Waals surface area contributed by atoms with E-state index in [9.17, 15) is 39.4 Å². The van der Waals surface area contributed by atoms with Crippen molar-refractivity contribution in [3.63, 3.8) is 0 Å². The van der Waals surface area contributed by atoms with Gasteiger partial charge >= 0.3 is 17.3 Å². The van der Waals surface area contributed by atoms with E-state index in [0.29, 0.717) is 0 Å². The van der Waals surface area contributed by atoms with Crippen molar-refractivity contribution in [3.8, 4) is 11.5 Å². The first-order chi connectivity index (χ1) is 24.0. The fourth-order valence-corrected chi connectivity index (χ4v) is 8.83. The van der Waals surface area contributed by atoms with Crippen molar-refractivity contribution >= 4 is 48.0 Å². The summed E-state index contributed by atoms with van der Waals surface area (Å²) in [7, 11) is -8.11. The Balaban J connectivity index is 1.28. The standard InChI is InChI=1S/C33H30F3N3O9S3/c1-22-7-11-25(12-8-22)50(42,43)18-17-46-31(40)19-47-24-9-13-26(14-10-24)51(44,45)39-29-6-4-3-5-27(29)38-32(39)49(41)20-28-23(2)30(15-16-37-28)48-21-33(34,35)36/h3-16H,17-21H2,1-2H3. The van der Waals surface area contributed by atoms with Crippen LogP contribution in [0, 0.1) is 13.8 Å². The molecule has 0 aliphatic carbocycles. The fourth-order valence-electron chi connectivity index (χ4n) is 4.69. The molecule has 0 aliphatic heterocycles. The van der Waals surface area contributed by atoms with E-state index < -0.39 is 68.8 Å². The number of sulfone groups is 1. The topological polar surface area (TPSA) is 167 Å². The number of hydrogen-bond acceptors (Lipinski definition) is 11.